The third-order valence-corrected chi connectivity index (χ3v) is 3.19. The summed E-state index contributed by atoms with van der Waals surface area (Å²) in [6.07, 6.45) is 0. The molecule has 2 amide bonds. The number of anilines is 3. The van der Waals surface area contributed by atoms with E-state index in [1.54, 1.807) is 0 Å². The molecule has 0 unspecified atom stereocenters. The van der Waals surface area contributed by atoms with Gasteiger partial charge in [0.25, 0.3) is 0 Å². The van der Waals surface area contributed by atoms with Crippen LogP contribution < -0.4 is 16.4 Å². The van der Waals surface area contributed by atoms with Gasteiger partial charge in [0.05, 0.1) is 11.4 Å². The number of hydrogen-bond donors (Lipinski definition) is 3. The number of urea groups is 1. The van der Waals surface area contributed by atoms with E-state index in [0.29, 0.717) is 11.4 Å². The monoisotopic (exact) mass is 269 g/mol. The SMILES string of the molecule is Cc1cccc(NC(=O)Nc2cc(C)c(C)cc2N)c1. The van der Waals surface area contributed by atoms with Crippen LogP contribution in [0.15, 0.2) is 36.4 Å². The van der Waals surface area contributed by atoms with Crippen LogP contribution in [0, 0.1) is 20.8 Å². The highest BCUT2D eigenvalue weighted by Crippen LogP contribution is 2.23. The summed E-state index contributed by atoms with van der Waals surface area (Å²) in [5.41, 5.74) is 11.1. The summed E-state index contributed by atoms with van der Waals surface area (Å²) in [5.74, 6) is 0. The predicted octanol–water partition coefficient (Wildman–Crippen LogP) is 3.84. The molecule has 0 heterocycles. The van der Waals surface area contributed by atoms with Crippen molar-refractivity contribution in [2.24, 2.45) is 0 Å². The molecule has 0 saturated carbocycles. The van der Waals surface area contributed by atoms with Crippen LogP contribution in [0.3, 0.4) is 0 Å². The Labute approximate surface area is 119 Å². The summed E-state index contributed by atoms with van der Waals surface area (Å²) in [7, 11) is 0. The van der Waals surface area contributed by atoms with Crippen LogP contribution in [-0.2, 0) is 0 Å². The van der Waals surface area contributed by atoms with Gasteiger partial charge in [-0.1, -0.05) is 12.1 Å². The fourth-order valence-electron chi connectivity index (χ4n) is 1.95. The molecule has 0 atom stereocenters. The maximum absolute atomic E-state index is 12.0. The first-order valence-corrected chi connectivity index (χ1v) is 6.47. The Kier molecular flexibility index (Phi) is 3.94. The molecule has 0 aliphatic rings. The zero-order valence-corrected chi connectivity index (χ0v) is 11.9. The quantitative estimate of drug-likeness (QED) is 0.725. The highest BCUT2D eigenvalue weighted by molar-refractivity contribution is 6.01. The Balaban J connectivity index is 2.10. The van der Waals surface area contributed by atoms with E-state index in [1.165, 1.54) is 0 Å². The van der Waals surface area contributed by atoms with E-state index in [0.717, 1.165) is 22.4 Å². The summed E-state index contributed by atoms with van der Waals surface area (Å²) in [4.78, 5) is 12.0. The van der Waals surface area contributed by atoms with Gasteiger partial charge in [-0.25, -0.2) is 4.79 Å². The number of benzene rings is 2. The topological polar surface area (TPSA) is 67.2 Å². The minimum Gasteiger partial charge on any atom is -0.397 e. The minimum absolute atomic E-state index is 0.300. The van der Waals surface area contributed by atoms with Gasteiger partial charge in [0.15, 0.2) is 0 Å². The Morgan fingerprint density at radius 3 is 2.40 bits per heavy atom. The number of nitrogens with one attached hydrogen (secondary N) is 2. The lowest BCUT2D eigenvalue weighted by atomic mass is 10.1. The number of hydrogen-bond acceptors (Lipinski definition) is 2. The molecule has 2 aromatic carbocycles. The Bertz CT molecular complexity index is 650. The molecule has 104 valence electrons. The number of aryl methyl sites for hydroxylation is 3. The van der Waals surface area contributed by atoms with E-state index in [9.17, 15) is 4.79 Å². The smallest absolute Gasteiger partial charge is 0.323 e. The highest BCUT2D eigenvalue weighted by Gasteiger charge is 2.07. The van der Waals surface area contributed by atoms with Crippen LogP contribution >= 0.6 is 0 Å². The van der Waals surface area contributed by atoms with Crippen molar-refractivity contribution in [2.45, 2.75) is 20.8 Å². The van der Waals surface area contributed by atoms with Crippen molar-refractivity contribution in [1.82, 2.24) is 0 Å². The number of amides is 2. The summed E-state index contributed by atoms with van der Waals surface area (Å²) < 4.78 is 0. The van der Waals surface area contributed by atoms with Crippen molar-refractivity contribution in [2.75, 3.05) is 16.4 Å². The molecule has 2 aromatic rings. The molecule has 0 bridgehead atoms. The number of rotatable bonds is 2. The first-order chi connectivity index (χ1) is 9.45. The summed E-state index contributed by atoms with van der Waals surface area (Å²) in [6, 6.07) is 11.1. The lowest BCUT2D eigenvalue weighted by molar-refractivity contribution is 0.262. The molecule has 0 fully saturated rings. The van der Waals surface area contributed by atoms with Crippen molar-refractivity contribution < 1.29 is 4.79 Å². The van der Waals surface area contributed by atoms with Gasteiger partial charge >= 0.3 is 6.03 Å². The van der Waals surface area contributed by atoms with Gasteiger partial charge in [0.2, 0.25) is 0 Å². The molecule has 0 aliphatic carbocycles. The normalized spacial score (nSPS) is 10.2. The molecule has 2 rings (SSSR count). The van der Waals surface area contributed by atoms with Crippen molar-refractivity contribution in [3.8, 4) is 0 Å². The second-order valence-corrected chi connectivity index (χ2v) is 4.97. The molecule has 4 heteroatoms. The van der Waals surface area contributed by atoms with Crippen LogP contribution in [0.2, 0.25) is 0 Å². The molecule has 0 aromatic heterocycles. The fourth-order valence-corrected chi connectivity index (χ4v) is 1.95. The highest BCUT2D eigenvalue weighted by atomic mass is 16.2. The zero-order chi connectivity index (χ0) is 14.7. The summed E-state index contributed by atoms with van der Waals surface area (Å²) in [5, 5.41) is 5.56. The number of nitrogens with two attached hydrogens (primary N) is 1. The van der Waals surface area contributed by atoms with Crippen molar-refractivity contribution in [3.05, 3.63) is 53.1 Å². The first kappa shape index (κ1) is 13.9. The summed E-state index contributed by atoms with van der Waals surface area (Å²) in [6.45, 7) is 5.95. The third-order valence-electron chi connectivity index (χ3n) is 3.19. The predicted molar refractivity (Wildman–Crippen MR) is 84.1 cm³/mol. The molecule has 4 nitrogen and oxygen atoms in total. The first-order valence-electron chi connectivity index (χ1n) is 6.47. The largest absolute Gasteiger partial charge is 0.397 e. The molecule has 0 saturated heterocycles. The Morgan fingerprint density at radius 2 is 1.70 bits per heavy atom. The zero-order valence-electron chi connectivity index (χ0n) is 11.9. The van der Waals surface area contributed by atoms with Gasteiger partial charge in [0, 0.05) is 5.69 Å². The van der Waals surface area contributed by atoms with E-state index in [1.807, 2.05) is 57.2 Å². The maximum atomic E-state index is 12.0. The lowest BCUT2D eigenvalue weighted by Gasteiger charge is -2.12. The van der Waals surface area contributed by atoms with Gasteiger partial charge in [-0.2, -0.15) is 0 Å². The standard InChI is InChI=1S/C16H19N3O/c1-10-5-4-6-13(7-10)18-16(20)19-15-9-12(3)11(2)8-14(15)17/h4-9H,17H2,1-3H3,(H2,18,19,20). The van der Waals surface area contributed by atoms with E-state index < -0.39 is 0 Å². The Morgan fingerprint density at radius 1 is 1.00 bits per heavy atom. The molecule has 0 spiro atoms. The van der Waals surface area contributed by atoms with E-state index in [-0.39, 0.29) is 6.03 Å². The van der Waals surface area contributed by atoms with E-state index in [4.69, 9.17) is 5.73 Å². The van der Waals surface area contributed by atoms with Crippen molar-refractivity contribution >= 4 is 23.1 Å². The van der Waals surface area contributed by atoms with Crippen molar-refractivity contribution in [3.63, 3.8) is 0 Å². The number of carbonyl (C=O) groups excluding carboxylic acids is 1. The van der Waals surface area contributed by atoms with E-state index >= 15 is 0 Å². The summed E-state index contributed by atoms with van der Waals surface area (Å²) >= 11 is 0. The van der Waals surface area contributed by atoms with Gasteiger partial charge in [0.1, 0.15) is 0 Å². The molecule has 4 N–H and O–H groups in total. The maximum Gasteiger partial charge on any atom is 0.323 e. The number of nitrogen functional groups attached to an aromatic ring is 1. The van der Waals surface area contributed by atoms with Crippen LogP contribution in [0.25, 0.3) is 0 Å². The van der Waals surface area contributed by atoms with Gasteiger partial charge in [-0.05, 0) is 61.7 Å². The van der Waals surface area contributed by atoms with Crippen LogP contribution in [-0.4, -0.2) is 6.03 Å². The molecule has 20 heavy (non-hydrogen) atoms. The lowest BCUT2D eigenvalue weighted by Crippen LogP contribution is -2.20. The van der Waals surface area contributed by atoms with Gasteiger partial charge in [-0.15, -0.1) is 0 Å². The number of carbonyl (C=O) groups is 1. The van der Waals surface area contributed by atoms with Crippen LogP contribution in [0.4, 0.5) is 21.9 Å². The molecule has 0 aliphatic heterocycles. The fraction of sp³-hybridized carbons (Fsp3) is 0.188. The van der Waals surface area contributed by atoms with Crippen LogP contribution in [0.5, 0.6) is 0 Å². The average Bonchev–Trinajstić information content (AvgIpc) is 2.36. The van der Waals surface area contributed by atoms with Gasteiger partial charge in [-0.3, -0.25) is 0 Å². The molecular formula is C16H19N3O. The van der Waals surface area contributed by atoms with Gasteiger partial charge < -0.3 is 16.4 Å². The van der Waals surface area contributed by atoms with Crippen LogP contribution in [0.1, 0.15) is 16.7 Å². The molecular weight excluding hydrogens is 250 g/mol. The Hall–Kier alpha value is -2.49. The average molecular weight is 269 g/mol. The second-order valence-electron chi connectivity index (χ2n) is 4.97. The molecule has 0 radical (unpaired) electrons. The third kappa shape index (κ3) is 3.29. The minimum atomic E-state index is -0.300. The second kappa shape index (κ2) is 5.65. The van der Waals surface area contributed by atoms with Crippen molar-refractivity contribution in [1.29, 1.82) is 0 Å². The van der Waals surface area contributed by atoms with E-state index in [2.05, 4.69) is 10.6 Å².